The fourth-order valence-corrected chi connectivity index (χ4v) is 2.49. The summed E-state index contributed by atoms with van der Waals surface area (Å²) in [5.41, 5.74) is 1.21. The van der Waals surface area contributed by atoms with Gasteiger partial charge in [0.1, 0.15) is 12.4 Å². The van der Waals surface area contributed by atoms with Gasteiger partial charge in [0.25, 0.3) is 5.91 Å². The minimum atomic E-state index is -0.444. The molecule has 1 amide bonds. The number of amides is 1. The monoisotopic (exact) mass is 347 g/mol. The number of likely N-dealkylation sites (N-methyl/N-ethyl adjacent to an activating group) is 1. The highest BCUT2D eigenvalue weighted by Gasteiger charge is 2.23. The van der Waals surface area contributed by atoms with Crippen LogP contribution in [0.1, 0.15) is 12.5 Å². The fourth-order valence-electron chi connectivity index (χ4n) is 2.49. The molecule has 0 aliphatic heterocycles. The van der Waals surface area contributed by atoms with Gasteiger partial charge in [-0.1, -0.05) is 12.1 Å². The van der Waals surface area contributed by atoms with E-state index < -0.39 is 5.82 Å². The lowest BCUT2D eigenvalue weighted by atomic mass is 10.1. The van der Waals surface area contributed by atoms with Crippen molar-refractivity contribution in [1.29, 1.82) is 0 Å². The molecule has 5 nitrogen and oxygen atoms in total. The van der Waals surface area contributed by atoms with Crippen LogP contribution in [0.5, 0.6) is 11.5 Å². The van der Waals surface area contributed by atoms with Crippen molar-refractivity contribution in [3.63, 3.8) is 0 Å². The Kier molecular flexibility index (Phi) is 6.36. The van der Waals surface area contributed by atoms with Crippen LogP contribution in [0.2, 0.25) is 0 Å². The molecule has 2 N–H and O–H groups in total. The number of hydrogen-bond donors (Lipinski definition) is 2. The molecule has 134 valence electrons. The molecule has 25 heavy (non-hydrogen) atoms. The summed E-state index contributed by atoms with van der Waals surface area (Å²) in [7, 11) is 5.09. The van der Waals surface area contributed by atoms with E-state index in [0.717, 1.165) is 10.5 Å². The average molecular weight is 347 g/mol. The molecule has 0 heterocycles. The number of para-hydroxylation sites is 1. The SMILES string of the molecule is COc1ccc(C[NH+](C)[C@H](C)C(=O)Nc2ccccc2F)cc1OC. The maximum atomic E-state index is 13.7. The van der Waals surface area contributed by atoms with Crippen LogP contribution in [-0.2, 0) is 11.3 Å². The molecule has 0 aliphatic rings. The van der Waals surface area contributed by atoms with Gasteiger partial charge in [-0.2, -0.15) is 0 Å². The maximum absolute atomic E-state index is 13.7. The number of anilines is 1. The summed E-state index contributed by atoms with van der Waals surface area (Å²) >= 11 is 0. The van der Waals surface area contributed by atoms with Crippen LogP contribution in [0.4, 0.5) is 10.1 Å². The lowest BCUT2D eigenvalue weighted by Gasteiger charge is -2.21. The quantitative estimate of drug-likeness (QED) is 0.804. The molecule has 0 bridgehead atoms. The van der Waals surface area contributed by atoms with E-state index in [2.05, 4.69) is 5.32 Å². The lowest BCUT2D eigenvalue weighted by molar-refractivity contribution is -0.907. The third kappa shape index (κ3) is 4.70. The van der Waals surface area contributed by atoms with Crippen LogP contribution >= 0.6 is 0 Å². The number of ether oxygens (including phenoxy) is 2. The number of quaternary nitrogens is 1. The first-order valence-electron chi connectivity index (χ1n) is 8.05. The van der Waals surface area contributed by atoms with Gasteiger partial charge >= 0.3 is 0 Å². The fraction of sp³-hybridized carbons (Fsp3) is 0.316. The van der Waals surface area contributed by atoms with E-state index in [1.807, 2.05) is 32.2 Å². The third-order valence-electron chi connectivity index (χ3n) is 4.20. The number of halogens is 1. The molecular formula is C19H24FN2O3+. The molecule has 2 aromatic carbocycles. The van der Waals surface area contributed by atoms with Crippen molar-refractivity contribution in [2.75, 3.05) is 26.6 Å². The van der Waals surface area contributed by atoms with E-state index in [1.54, 1.807) is 32.4 Å². The van der Waals surface area contributed by atoms with E-state index in [9.17, 15) is 9.18 Å². The largest absolute Gasteiger partial charge is 0.493 e. The van der Waals surface area contributed by atoms with Gasteiger partial charge < -0.3 is 19.7 Å². The van der Waals surface area contributed by atoms with Crippen molar-refractivity contribution in [1.82, 2.24) is 0 Å². The maximum Gasteiger partial charge on any atom is 0.282 e. The van der Waals surface area contributed by atoms with Crippen LogP contribution in [-0.4, -0.2) is 33.2 Å². The summed E-state index contributed by atoms with van der Waals surface area (Å²) < 4.78 is 24.2. The molecule has 0 fully saturated rings. The Morgan fingerprint density at radius 2 is 1.84 bits per heavy atom. The van der Waals surface area contributed by atoms with Gasteiger partial charge in [0.15, 0.2) is 17.5 Å². The van der Waals surface area contributed by atoms with Crippen molar-refractivity contribution >= 4 is 11.6 Å². The summed E-state index contributed by atoms with van der Waals surface area (Å²) in [5, 5.41) is 2.64. The standard InChI is InChI=1S/C19H23FN2O3/c1-13(19(23)21-16-8-6-5-7-15(16)20)22(2)12-14-9-10-17(24-3)18(11-14)25-4/h5-11,13H,12H2,1-4H3,(H,21,23)/p+1/t13-/m1/s1. The van der Waals surface area contributed by atoms with Crippen molar-refractivity contribution in [2.24, 2.45) is 0 Å². The van der Waals surface area contributed by atoms with E-state index in [-0.39, 0.29) is 17.6 Å². The second kappa shape index (κ2) is 8.48. The molecular weight excluding hydrogens is 323 g/mol. The molecule has 0 aromatic heterocycles. The molecule has 0 saturated heterocycles. The van der Waals surface area contributed by atoms with Crippen LogP contribution in [0.25, 0.3) is 0 Å². The van der Waals surface area contributed by atoms with Crippen molar-refractivity contribution in [3.05, 3.63) is 53.8 Å². The molecule has 6 heteroatoms. The Balaban J connectivity index is 2.03. The number of nitrogens with one attached hydrogen (secondary N) is 2. The number of rotatable bonds is 7. The zero-order valence-electron chi connectivity index (χ0n) is 14.9. The van der Waals surface area contributed by atoms with Crippen molar-refractivity contribution in [2.45, 2.75) is 19.5 Å². The Bertz CT molecular complexity index is 736. The first kappa shape index (κ1) is 18.7. The zero-order valence-corrected chi connectivity index (χ0v) is 14.9. The number of benzene rings is 2. The molecule has 0 spiro atoms. The van der Waals surface area contributed by atoms with E-state index in [1.165, 1.54) is 6.07 Å². The van der Waals surface area contributed by atoms with Gasteiger partial charge in [-0.05, 0) is 37.3 Å². The van der Waals surface area contributed by atoms with Crippen molar-refractivity contribution in [3.8, 4) is 11.5 Å². The highest BCUT2D eigenvalue weighted by molar-refractivity contribution is 5.93. The van der Waals surface area contributed by atoms with Crippen LogP contribution in [0.15, 0.2) is 42.5 Å². The molecule has 0 saturated carbocycles. The first-order chi connectivity index (χ1) is 12.0. The number of methoxy groups -OCH3 is 2. The molecule has 0 aliphatic carbocycles. The Hall–Kier alpha value is -2.60. The zero-order chi connectivity index (χ0) is 18.4. The third-order valence-corrected chi connectivity index (χ3v) is 4.20. The molecule has 2 rings (SSSR count). The molecule has 1 unspecified atom stereocenters. The Labute approximate surface area is 147 Å². The van der Waals surface area contributed by atoms with Gasteiger partial charge in [-0.3, -0.25) is 4.79 Å². The summed E-state index contributed by atoms with van der Waals surface area (Å²) in [6.45, 7) is 2.43. The van der Waals surface area contributed by atoms with Gasteiger partial charge in [-0.25, -0.2) is 4.39 Å². The van der Waals surface area contributed by atoms with Crippen molar-refractivity contribution < 1.29 is 23.6 Å². The van der Waals surface area contributed by atoms with Gasteiger partial charge in [0.2, 0.25) is 0 Å². The lowest BCUT2D eigenvalue weighted by Crippen LogP contribution is -3.12. The summed E-state index contributed by atoms with van der Waals surface area (Å²) in [6, 6.07) is 11.4. The number of hydrogen-bond acceptors (Lipinski definition) is 3. The van der Waals surface area contributed by atoms with Gasteiger partial charge in [0, 0.05) is 5.56 Å². The summed E-state index contributed by atoms with van der Waals surface area (Å²) in [6.07, 6.45) is 0. The van der Waals surface area contributed by atoms with E-state index in [4.69, 9.17) is 9.47 Å². The summed E-state index contributed by atoms with van der Waals surface area (Å²) in [4.78, 5) is 13.3. The van der Waals surface area contributed by atoms with Gasteiger partial charge in [-0.15, -0.1) is 0 Å². The summed E-state index contributed by atoms with van der Waals surface area (Å²) in [5.74, 6) is 0.633. The van der Waals surface area contributed by atoms with E-state index in [0.29, 0.717) is 18.0 Å². The Morgan fingerprint density at radius 3 is 2.48 bits per heavy atom. The predicted octanol–water partition coefficient (Wildman–Crippen LogP) is 1.88. The van der Waals surface area contributed by atoms with Crippen LogP contribution in [0.3, 0.4) is 0 Å². The van der Waals surface area contributed by atoms with Crippen LogP contribution in [0, 0.1) is 5.82 Å². The number of carbonyl (C=O) groups is 1. The Morgan fingerprint density at radius 1 is 1.16 bits per heavy atom. The normalized spacial score (nSPS) is 13.0. The highest BCUT2D eigenvalue weighted by atomic mass is 19.1. The first-order valence-corrected chi connectivity index (χ1v) is 8.05. The molecule has 0 radical (unpaired) electrons. The molecule has 2 aromatic rings. The van der Waals surface area contributed by atoms with Gasteiger partial charge in [0.05, 0.1) is 27.0 Å². The minimum Gasteiger partial charge on any atom is -0.493 e. The predicted molar refractivity (Wildman–Crippen MR) is 94.6 cm³/mol. The van der Waals surface area contributed by atoms with Crippen LogP contribution < -0.4 is 19.7 Å². The minimum absolute atomic E-state index is 0.193. The second-order valence-electron chi connectivity index (χ2n) is 5.90. The topological polar surface area (TPSA) is 52.0 Å². The highest BCUT2D eigenvalue weighted by Crippen LogP contribution is 2.27. The average Bonchev–Trinajstić information content (AvgIpc) is 2.62. The second-order valence-corrected chi connectivity index (χ2v) is 5.90. The molecule has 2 atom stereocenters. The van der Waals surface area contributed by atoms with E-state index >= 15 is 0 Å². The smallest absolute Gasteiger partial charge is 0.282 e. The number of carbonyl (C=O) groups excluding carboxylic acids is 1.